The predicted octanol–water partition coefficient (Wildman–Crippen LogP) is 1.73. The molecule has 2 amide bonds. The van der Waals surface area contributed by atoms with Gasteiger partial charge in [-0.15, -0.1) is 5.10 Å². The monoisotopic (exact) mass is 385 g/mol. The summed E-state index contributed by atoms with van der Waals surface area (Å²) in [5, 5.41) is 18.7. The molecule has 0 spiro atoms. The van der Waals surface area contributed by atoms with Gasteiger partial charge in [-0.05, 0) is 30.4 Å². The van der Waals surface area contributed by atoms with E-state index in [-0.39, 0.29) is 18.1 Å². The number of benzene rings is 1. The maximum atomic E-state index is 13.0. The average molecular weight is 385 g/mol. The van der Waals surface area contributed by atoms with E-state index in [0.29, 0.717) is 36.2 Å². The van der Waals surface area contributed by atoms with Crippen LogP contribution in [0, 0.1) is 11.8 Å². The molecule has 28 heavy (non-hydrogen) atoms. The molecule has 1 fully saturated rings. The molecule has 2 unspecified atom stereocenters. The maximum absolute atomic E-state index is 13.0. The first-order valence-electron chi connectivity index (χ1n) is 9.15. The molecule has 1 aromatic heterocycles. The lowest BCUT2D eigenvalue weighted by Crippen LogP contribution is -2.42. The van der Waals surface area contributed by atoms with Gasteiger partial charge < -0.3 is 15.3 Å². The van der Waals surface area contributed by atoms with E-state index < -0.39 is 11.9 Å². The minimum absolute atomic E-state index is 0.108. The lowest BCUT2D eigenvalue weighted by atomic mass is 9.91. The molecule has 1 aliphatic heterocycles. The van der Waals surface area contributed by atoms with Gasteiger partial charge in [0.1, 0.15) is 6.54 Å². The largest absolute Gasteiger partial charge is 0.476 e. The van der Waals surface area contributed by atoms with Gasteiger partial charge in [0.15, 0.2) is 5.69 Å². The fraction of sp³-hybridized carbons (Fsp3) is 0.421. The molecule has 9 nitrogen and oxygen atoms in total. The minimum Gasteiger partial charge on any atom is -0.476 e. The number of carbonyl (C=O) groups excluding carboxylic acids is 2. The second-order valence-corrected chi connectivity index (χ2v) is 7.36. The zero-order valence-corrected chi connectivity index (χ0v) is 15.8. The number of nitrogens with zero attached hydrogens (tertiary/aromatic N) is 4. The topological polar surface area (TPSA) is 117 Å². The van der Waals surface area contributed by atoms with Crippen LogP contribution in [0.4, 0.5) is 5.69 Å². The number of aromatic carboxylic acids is 1. The number of piperidine rings is 1. The Labute approximate surface area is 162 Å². The van der Waals surface area contributed by atoms with Crippen molar-refractivity contribution in [2.45, 2.75) is 26.8 Å². The smallest absolute Gasteiger partial charge is 0.358 e. The Bertz CT molecular complexity index is 884. The normalized spacial score (nSPS) is 19.3. The number of carboxylic acids is 1. The molecule has 0 bridgehead atoms. The molecular weight excluding hydrogens is 362 g/mol. The van der Waals surface area contributed by atoms with Crippen LogP contribution >= 0.6 is 0 Å². The fourth-order valence-corrected chi connectivity index (χ4v) is 3.59. The first-order chi connectivity index (χ1) is 13.3. The molecule has 148 valence electrons. The molecule has 2 aromatic rings. The SMILES string of the molecule is CC1CC(C)CN(C(=O)c2ccccc2NC(=O)Cn2cc(C(=O)O)nn2)C1. The third-order valence-electron chi connectivity index (χ3n) is 4.65. The van der Waals surface area contributed by atoms with Gasteiger partial charge in [0.2, 0.25) is 5.91 Å². The molecule has 9 heteroatoms. The van der Waals surface area contributed by atoms with Crippen molar-refractivity contribution in [2.24, 2.45) is 11.8 Å². The highest BCUT2D eigenvalue weighted by molar-refractivity contribution is 6.03. The second-order valence-electron chi connectivity index (χ2n) is 7.36. The Balaban J connectivity index is 1.71. The van der Waals surface area contributed by atoms with Crippen molar-refractivity contribution in [3.05, 3.63) is 41.7 Å². The Morgan fingerprint density at radius 2 is 1.86 bits per heavy atom. The lowest BCUT2D eigenvalue weighted by molar-refractivity contribution is -0.116. The van der Waals surface area contributed by atoms with Crippen LogP contribution in [-0.4, -0.2) is 55.9 Å². The van der Waals surface area contributed by atoms with Crippen LogP contribution in [0.5, 0.6) is 0 Å². The molecule has 1 aromatic carbocycles. The number of aromatic nitrogens is 3. The van der Waals surface area contributed by atoms with Crippen molar-refractivity contribution in [1.29, 1.82) is 0 Å². The number of para-hydroxylation sites is 1. The molecule has 2 N–H and O–H groups in total. The van der Waals surface area contributed by atoms with Crippen molar-refractivity contribution in [1.82, 2.24) is 19.9 Å². The summed E-state index contributed by atoms with van der Waals surface area (Å²) in [5.41, 5.74) is 0.612. The summed E-state index contributed by atoms with van der Waals surface area (Å²) in [5.74, 6) is -0.881. The van der Waals surface area contributed by atoms with E-state index in [9.17, 15) is 14.4 Å². The summed E-state index contributed by atoms with van der Waals surface area (Å²) in [6, 6.07) is 6.87. The molecule has 0 aliphatic carbocycles. The van der Waals surface area contributed by atoms with E-state index >= 15 is 0 Å². The van der Waals surface area contributed by atoms with Crippen LogP contribution in [0.1, 0.15) is 41.1 Å². The number of likely N-dealkylation sites (tertiary alicyclic amines) is 1. The van der Waals surface area contributed by atoms with E-state index in [4.69, 9.17) is 5.11 Å². The van der Waals surface area contributed by atoms with E-state index in [1.807, 2.05) is 4.90 Å². The number of carbonyl (C=O) groups is 3. The summed E-state index contributed by atoms with van der Waals surface area (Å²) in [6.45, 7) is 5.45. The van der Waals surface area contributed by atoms with Gasteiger partial charge in [-0.25, -0.2) is 9.48 Å². The standard InChI is InChI=1S/C19H23N5O4/c1-12-7-13(2)9-23(8-12)18(26)14-5-3-4-6-15(14)20-17(25)11-24-10-16(19(27)28)21-22-24/h3-6,10,12-13H,7-9,11H2,1-2H3,(H,20,25)(H,27,28). The van der Waals surface area contributed by atoms with E-state index in [1.54, 1.807) is 24.3 Å². The summed E-state index contributed by atoms with van der Waals surface area (Å²) >= 11 is 0. The molecule has 2 atom stereocenters. The van der Waals surface area contributed by atoms with E-state index in [0.717, 1.165) is 11.1 Å². The first-order valence-corrected chi connectivity index (χ1v) is 9.15. The van der Waals surface area contributed by atoms with Crippen LogP contribution < -0.4 is 5.32 Å². The number of carboxylic acid groups (broad SMARTS) is 1. The Hall–Kier alpha value is -3.23. The summed E-state index contributed by atoms with van der Waals surface area (Å²) in [4.78, 5) is 38.0. The maximum Gasteiger partial charge on any atom is 0.358 e. The number of hydrogen-bond donors (Lipinski definition) is 2. The average Bonchev–Trinajstić information content (AvgIpc) is 3.09. The van der Waals surface area contributed by atoms with Crippen LogP contribution in [0.2, 0.25) is 0 Å². The third kappa shape index (κ3) is 4.54. The molecule has 0 saturated carbocycles. The number of nitrogens with one attached hydrogen (secondary N) is 1. The summed E-state index contributed by atoms with van der Waals surface area (Å²) in [7, 11) is 0. The number of amides is 2. The van der Waals surface area contributed by atoms with Crippen LogP contribution in [-0.2, 0) is 11.3 Å². The Morgan fingerprint density at radius 3 is 2.50 bits per heavy atom. The van der Waals surface area contributed by atoms with Crippen molar-refractivity contribution >= 4 is 23.5 Å². The van der Waals surface area contributed by atoms with Crippen molar-refractivity contribution < 1.29 is 19.5 Å². The molecule has 3 rings (SSSR count). The van der Waals surface area contributed by atoms with Crippen molar-refractivity contribution in [2.75, 3.05) is 18.4 Å². The molecule has 0 radical (unpaired) electrons. The van der Waals surface area contributed by atoms with E-state index in [1.165, 1.54) is 6.20 Å². The Morgan fingerprint density at radius 1 is 1.18 bits per heavy atom. The van der Waals surface area contributed by atoms with Gasteiger partial charge in [0.05, 0.1) is 17.4 Å². The van der Waals surface area contributed by atoms with Gasteiger partial charge in [-0.3, -0.25) is 9.59 Å². The zero-order chi connectivity index (χ0) is 20.3. The quantitative estimate of drug-likeness (QED) is 0.809. The summed E-state index contributed by atoms with van der Waals surface area (Å²) < 4.78 is 1.14. The van der Waals surface area contributed by atoms with Crippen LogP contribution in [0.15, 0.2) is 30.5 Å². The predicted molar refractivity (Wildman–Crippen MR) is 101 cm³/mol. The zero-order valence-electron chi connectivity index (χ0n) is 15.8. The van der Waals surface area contributed by atoms with Gasteiger partial charge in [0, 0.05) is 13.1 Å². The minimum atomic E-state index is -1.22. The fourth-order valence-electron chi connectivity index (χ4n) is 3.59. The third-order valence-corrected chi connectivity index (χ3v) is 4.65. The highest BCUT2D eigenvalue weighted by atomic mass is 16.4. The second kappa shape index (κ2) is 8.20. The molecule has 1 saturated heterocycles. The lowest BCUT2D eigenvalue weighted by Gasteiger charge is -2.35. The number of rotatable bonds is 5. The molecule has 1 aliphatic rings. The van der Waals surface area contributed by atoms with Crippen LogP contribution in [0.25, 0.3) is 0 Å². The van der Waals surface area contributed by atoms with Gasteiger partial charge in [0.25, 0.3) is 5.91 Å². The first kappa shape index (κ1) is 19.5. The molecular formula is C19H23N5O4. The summed E-state index contributed by atoms with van der Waals surface area (Å²) in [6.07, 6.45) is 2.27. The number of hydrogen-bond acceptors (Lipinski definition) is 5. The number of anilines is 1. The van der Waals surface area contributed by atoms with Crippen molar-refractivity contribution in [3.63, 3.8) is 0 Å². The molecule has 2 heterocycles. The van der Waals surface area contributed by atoms with Crippen molar-refractivity contribution in [3.8, 4) is 0 Å². The highest BCUT2D eigenvalue weighted by Crippen LogP contribution is 2.25. The van der Waals surface area contributed by atoms with Gasteiger partial charge >= 0.3 is 5.97 Å². The van der Waals surface area contributed by atoms with Gasteiger partial charge in [-0.1, -0.05) is 31.2 Å². The Kier molecular flexibility index (Phi) is 5.72. The van der Waals surface area contributed by atoms with Crippen LogP contribution in [0.3, 0.4) is 0 Å². The van der Waals surface area contributed by atoms with E-state index in [2.05, 4.69) is 29.5 Å². The highest BCUT2D eigenvalue weighted by Gasteiger charge is 2.27. The van der Waals surface area contributed by atoms with Gasteiger partial charge in [-0.2, -0.15) is 0 Å².